The van der Waals surface area contributed by atoms with Gasteiger partial charge in [0.2, 0.25) is 0 Å². The largest absolute Gasteiger partial charge is 0.495 e. The number of hydrogen-bond donors (Lipinski definition) is 2. The summed E-state index contributed by atoms with van der Waals surface area (Å²) in [5.41, 5.74) is 3.45. The third-order valence-corrected chi connectivity index (χ3v) is 4.83. The summed E-state index contributed by atoms with van der Waals surface area (Å²) in [6.07, 6.45) is 0. The number of anilines is 1. The SMILES string of the molecule is COc1ccc(-c2nc3ccccc3[nH]2)cc1NC(=O)c1ccc(Cl)cc1Cl. The predicted octanol–water partition coefficient (Wildman–Crippen LogP) is 5.80. The van der Waals surface area contributed by atoms with Crippen LogP contribution in [0.15, 0.2) is 60.7 Å². The normalized spacial score (nSPS) is 10.8. The molecule has 0 atom stereocenters. The average Bonchev–Trinajstić information content (AvgIpc) is 3.12. The molecular weight excluding hydrogens is 397 g/mol. The van der Waals surface area contributed by atoms with E-state index < -0.39 is 0 Å². The number of amides is 1. The van der Waals surface area contributed by atoms with Gasteiger partial charge in [0.25, 0.3) is 5.91 Å². The van der Waals surface area contributed by atoms with Gasteiger partial charge in [-0.05, 0) is 48.5 Å². The topological polar surface area (TPSA) is 67.0 Å². The molecule has 4 rings (SSSR count). The summed E-state index contributed by atoms with van der Waals surface area (Å²) in [6, 6.07) is 18.0. The molecule has 0 fully saturated rings. The van der Waals surface area contributed by atoms with E-state index >= 15 is 0 Å². The molecule has 2 N–H and O–H groups in total. The van der Waals surface area contributed by atoms with Crippen molar-refractivity contribution in [3.8, 4) is 17.1 Å². The molecule has 140 valence electrons. The van der Waals surface area contributed by atoms with E-state index in [1.807, 2.05) is 30.3 Å². The second-order valence-corrected chi connectivity index (χ2v) is 6.94. The molecule has 0 aliphatic rings. The Bertz CT molecular complexity index is 1150. The minimum absolute atomic E-state index is 0.275. The third-order valence-electron chi connectivity index (χ3n) is 4.29. The highest BCUT2D eigenvalue weighted by atomic mass is 35.5. The van der Waals surface area contributed by atoms with Gasteiger partial charge >= 0.3 is 0 Å². The minimum atomic E-state index is -0.360. The van der Waals surface area contributed by atoms with Crippen LogP contribution in [0.3, 0.4) is 0 Å². The Morgan fingerprint density at radius 3 is 2.64 bits per heavy atom. The van der Waals surface area contributed by atoms with Crippen molar-refractivity contribution in [1.29, 1.82) is 0 Å². The number of fused-ring (bicyclic) bond motifs is 1. The molecule has 1 aromatic heterocycles. The quantitative estimate of drug-likeness (QED) is 0.445. The third kappa shape index (κ3) is 3.54. The van der Waals surface area contributed by atoms with E-state index in [2.05, 4.69) is 15.3 Å². The average molecular weight is 412 g/mol. The van der Waals surface area contributed by atoms with E-state index in [1.54, 1.807) is 31.4 Å². The zero-order valence-corrected chi connectivity index (χ0v) is 16.3. The second-order valence-electron chi connectivity index (χ2n) is 6.10. The Kier molecular flexibility index (Phi) is 4.94. The van der Waals surface area contributed by atoms with Crippen molar-refractivity contribution in [2.45, 2.75) is 0 Å². The fraction of sp³-hybridized carbons (Fsp3) is 0.0476. The predicted molar refractivity (Wildman–Crippen MR) is 112 cm³/mol. The number of carbonyl (C=O) groups is 1. The van der Waals surface area contributed by atoms with Crippen molar-refractivity contribution >= 4 is 45.8 Å². The summed E-state index contributed by atoms with van der Waals surface area (Å²) < 4.78 is 5.38. The van der Waals surface area contributed by atoms with Crippen molar-refractivity contribution in [2.75, 3.05) is 12.4 Å². The Hall–Kier alpha value is -3.02. The number of carbonyl (C=O) groups excluding carboxylic acids is 1. The molecule has 4 aromatic rings. The van der Waals surface area contributed by atoms with Crippen LogP contribution in [-0.2, 0) is 0 Å². The smallest absolute Gasteiger partial charge is 0.257 e. The summed E-state index contributed by atoms with van der Waals surface area (Å²) >= 11 is 12.1. The number of imidazole rings is 1. The lowest BCUT2D eigenvalue weighted by Gasteiger charge is -2.12. The maximum atomic E-state index is 12.7. The molecule has 0 aliphatic heterocycles. The lowest BCUT2D eigenvalue weighted by Crippen LogP contribution is -2.13. The Morgan fingerprint density at radius 1 is 1.07 bits per heavy atom. The number of ether oxygens (including phenoxy) is 1. The molecule has 7 heteroatoms. The van der Waals surface area contributed by atoms with Crippen molar-refractivity contribution in [2.24, 2.45) is 0 Å². The highest BCUT2D eigenvalue weighted by Gasteiger charge is 2.15. The van der Waals surface area contributed by atoms with E-state index in [1.165, 1.54) is 6.07 Å². The van der Waals surface area contributed by atoms with Crippen molar-refractivity contribution in [1.82, 2.24) is 9.97 Å². The molecule has 0 saturated carbocycles. The van der Waals surface area contributed by atoms with Gasteiger partial charge in [-0.2, -0.15) is 0 Å². The van der Waals surface area contributed by atoms with Crippen molar-refractivity contribution < 1.29 is 9.53 Å². The van der Waals surface area contributed by atoms with Crippen LogP contribution < -0.4 is 10.1 Å². The molecule has 0 saturated heterocycles. The number of nitrogens with one attached hydrogen (secondary N) is 2. The first-order valence-corrected chi connectivity index (χ1v) is 9.20. The molecule has 0 radical (unpaired) electrons. The lowest BCUT2D eigenvalue weighted by molar-refractivity contribution is 0.102. The number of methoxy groups -OCH3 is 1. The summed E-state index contributed by atoms with van der Waals surface area (Å²) in [7, 11) is 1.54. The number of halogens is 2. The van der Waals surface area contributed by atoms with E-state index in [4.69, 9.17) is 27.9 Å². The lowest BCUT2D eigenvalue weighted by atomic mass is 10.1. The number of H-pyrrole nitrogens is 1. The van der Waals surface area contributed by atoms with Crippen LogP contribution >= 0.6 is 23.2 Å². The maximum absolute atomic E-state index is 12.7. The van der Waals surface area contributed by atoms with Crippen LogP contribution in [0, 0.1) is 0 Å². The fourth-order valence-corrected chi connectivity index (χ4v) is 3.40. The molecule has 1 heterocycles. The van der Waals surface area contributed by atoms with Gasteiger partial charge in [-0.3, -0.25) is 4.79 Å². The monoisotopic (exact) mass is 411 g/mol. The van der Waals surface area contributed by atoms with Gasteiger partial charge in [0.05, 0.1) is 34.4 Å². The number of aromatic amines is 1. The van der Waals surface area contributed by atoms with Crippen LogP contribution in [0.2, 0.25) is 10.0 Å². The number of rotatable bonds is 4. The van der Waals surface area contributed by atoms with Crippen LogP contribution in [0.5, 0.6) is 5.75 Å². The van der Waals surface area contributed by atoms with Crippen molar-refractivity contribution in [3.05, 3.63) is 76.3 Å². The summed E-state index contributed by atoms with van der Waals surface area (Å²) in [6.45, 7) is 0. The molecule has 0 spiro atoms. The second kappa shape index (κ2) is 7.54. The molecule has 3 aromatic carbocycles. The van der Waals surface area contributed by atoms with Gasteiger partial charge < -0.3 is 15.0 Å². The van der Waals surface area contributed by atoms with Gasteiger partial charge in [-0.15, -0.1) is 0 Å². The summed E-state index contributed by atoms with van der Waals surface area (Å²) in [4.78, 5) is 20.6. The Balaban J connectivity index is 1.69. The number of nitrogens with zero attached hydrogens (tertiary/aromatic N) is 1. The molecular formula is C21H15Cl2N3O2. The number of benzene rings is 3. The van der Waals surface area contributed by atoms with Crippen molar-refractivity contribution in [3.63, 3.8) is 0 Å². The number of aromatic nitrogens is 2. The Morgan fingerprint density at radius 2 is 1.89 bits per heavy atom. The van der Waals surface area contributed by atoms with Gasteiger partial charge in [0, 0.05) is 10.6 Å². The van der Waals surface area contributed by atoms with E-state index in [0.29, 0.717) is 27.8 Å². The van der Waals surface area contributed by atoms with Crippen LogP contribution in [0.1, 0.15) is 10.4 Å². The Labute approximate surface area is 171 Å². The number of hydrogen-bond acceptors (Lipinski definition) is 3. The molecule has 0 bridgehead atoms. The van der Waals surface area contributed by atoms with Crippen LogP contribution in [0.25, 0.3) is 22.4 Å². The first-order chi connectivity index (χ1) is 13.5. The zero-order chi connectivity index (χ0) is 19.7. The van der Waals surface area contributed by atoms with Crippen LogP contribution in [-0.4, -0.2) is 23.0 Å². The fourth-order valence-electron chi connectivity index (χ4n) is 2.91. The molecule has 28 heavy (non-hydrogen) atoms. The van der Waals surface area contributed by atoms with Gasteiger partial charge in [0.1, 0.15) is 11.6 Å². The first kappa shape index (κ1) is 18.3. The highest BCUT2D eigenvalue weighted by Crippen LogP contribution is 2.31. The first-order valence-electron chi connectivity index (χ1n) is 8.45. The van der Waals surface area contributed by atoms with Gasteiger partial charge in [0.15, 0.2) is 0 Å². The molecule has 0 unspecified atom stereocenters. The maximum Gasteiger partial charge on any atom is 0.257 e. The number of para-hydroxylation sites is 2. The standard InChI is InChI=1S/C21H15Cl2N3O2/c1-28-19-9-6-12(20-24-16-4-2-3-5-17(16)25-20)10-18(19)26-21(27)14-8-7-13(22)11-15(14)23/h2-11H,1H3,(H,24,25)(H,26,27). The van der Waals surface area contributed by atoms with E-state index in [-0.39, 0.29) is 10.9 Å². The molecule has 1 amide bonds. The van der Waals surface area contributed by atoms with E-state index in [0.717, 1.165) is 16.6 Å². The summed E-state index contributed by atoms with van der Waals surface area (Å²) in [5, 5.41) is 3.59. The van der Waals surface area contributed by atoms with E-state index in [9.17, 15) is 4.79 Å². The minimum Gasteiger partial charge on any atom is -0.495 e. The zero-order valence-electron chi connectivity index (χ0n) is 14.8. The molecule has 5 nitrogen and oxygen atoms in total. The van der Waals surface area contributed by atoms with Gasteiger partial charge in [-0.25, -0.2) is 4.98 Å². The molecule has 0 aliphatic carbocycles. The van der Waals surface area contributed by atoms with Gasteiger partial charge in [-0.1, -0.05) is 35.3 Å². The van der Waals surface area contributed by atoms with Crippen LogP contribution in [0.4, 0.5) is 5.69 Å². The summed E-state index contributed by atoms with van der Waals surface area (Å²) in [5.74, 6) is 0.865. The highest BCUT2D eigenvalue weighted by molar-refractivity contribution is 6.37.